The van der Waals surface area contributed by atoms with Gasteiger partial charge in [-0.1, -0.05) is 24.3 Å². The van der Waals surface area contributed by atoms with E-state index in [2.05, 4.69) is 5.32 Å². The Labute approximate surface area is 146 Å². The number of hydrogen-bond acceptors (Lipinski definition) is 5. The number of nitrogens with one attached hydrogen (secondary N) is 1. The molecule has 0 spiro atoms. The lowest BCUT2D eigenvalue weighted by atomic mass is 10.2. The first kappa shape index (κ1) is 17.0. The topological polar surface area (TPSA) is 66.0 Å². The van der Waals surface area contributed by atoms with Crippen molar-refractivity contribution in [2.45, 2.75) is 19.1 Å². The van der Waals surface area contributed by atoms with Crippen LogP contribution in [0.15, 0.2) is 48.5 Å². The Hall–Kier alpha value is -2.89. The van der Waals surface area contributed by atoms with E-state index >= 15 is 0 Å². The second-order valence-corrected chi connectivity index (χ2v) is 5.65. The summed E-state index contributed by atoms with van der Waals surface area (Å²) in [6, 6.07) is 14.7. The molecule has 0 aromatic heterocycles. The highest BCUT2D eigenvalue weighted by molar-refractivity contribution is 5.80. The average Bonchev–Trinajstić information content (AvgIpc) is 2.66. The van der Waals surface area contributed by atoms with Gasteiger partial charge in [0.25, 0.3) is 5.91 Å². The zero-order chi connectivity index (χ0) is 17.6. The predicted molar refractivity (Wildman–Crippen MR) is 92.4 cm³/mol. The first-order valence-corrected chi connectivity index (χ1v) is 8.13. The lowest BCUT2D eigenvalue weighted by molar-refractivity contribution is -0.127. The molecule has 1 aliphatic heterocycles. The molecule has 132 valence electrons. The largest absolute Gasteiger partial charge is 0.493 e. The SMILES string of the molecule is COc1ccccc1O[C@H](C)C(=O)NC[C@H]1COc2ccccc2O1. The van der Waals surface area contributed by atoms with Crippen LogP contribution in [-0.2, 0) is 4.79 Å². The molecule has 3 rings (SSSR count). The molecular weight excluding hydrogens is 322 g/mol. The van der Waals surface area contributed by atoms with Gasteiger partial charge in [0.2, 0.25) is 0 Å². The van der Waals surface area contributed by atoms with Gasteiger partial charge in [-0.25, -0.2) is 0 Å². The average molecular weight is 343 g/mol. The number of fused-ring (bicyclic) bond motifs is 1. The van der Waals surface area contributed by atoms with Crippen molar-refractivity contribution in [2.75, 3.05) is 20.3 Å². The quantitative estimate of drug-likeness (QED) is 0.873. The van der Waals surface area contributed by atoms with Crippen LogP contribution in [0, 0.1) is 0 Å². The molecule has 6 heteroatoms. The van der Waals surface area contributed by atoms with E-state index in [4.69, 9.17) is 18.9 Å². The summed E-state index contributed by atoms with van der Waals surface area (Å²) in [7, 11) is 1.56. The van der Waals surface area contributed by atoms with Gasteiger partial charge in [0.05, 0.1) is 13.7 Å². The number of para-hydroxylation sites is 4. The highest BCUT2D eigenvalue weighted by Gasteiger charge is 2.23. The molecule has 0 fully saturated rings. The van der Waals surface area contributed by atoms with Crippen LogP contribution in [0.3, 0.4) is 0 Å². The zero-order valence-electron chi connectivity index (χ0n) is 14.2. The van der Waals surface area contributed by atoms with E-state index in [1.54, 1.807) is 26.2 Å². The molecule has 0 aliphatic carbocycles. The van der Waals surface area contributed by atoms with Crippen LogP contribution in [-0.4, -0.2) is 38.4 Å². The Morgan fingerprint density at radius 3 is 2.60 bits per heavy atom. The van der Waals surface area contributed by atoms with E-state index in [9.17, 15) is 4.79 Å². The summed E-state index contributed by atoms with van der Waals surface area (Å²) in [6.45, 7) is 2.42. The molecule has 0 bridgehead atoms. The molecule has 2 aromatic rings. The van der Waals surface area contributed by atoms with Crippen molar-refractivity contribution in [3.63, 3.8) is 0 Å². The number of amides is 1. The summed E-state index contributed by atoms with van der Waals surface area (Å²) in [5.74, 6) is 2.29. The molecule has 2 atom stereocenters. The number of carbonyl (C=O) groups excluding carboxylic acids is 1. The fourth-order valence-corrected chi connectivity index (χ4v) is 2.48. The van der Waals surface area contributed by atoms with Gasteiger partial charge in [-0.2, -0.15) is 0 Å². The molecule has 6 nitrogen and oxygen atoms in total. The Kier molecular flexibility index (Phi) is 5.28. The minimum Gasteiger partial charge on any atom is -0.493 e. The molecule has 0 radical (unpaired) electrons. The van der Waals surface area contributed by atoms with E-state index < -0.39 is 6.10 Å². The van der Waals surface area contributed by atoms with Gasteiger partial charge < -0.3 is 24.3 Å². The molecule has 2 aromatic carbocycles. The van der Waals surface area contributed by atoms with Crippen molar-refractivity contribution < 1.29 is 23.7 Å². The standard InChI is InChI=1S/C19H21NO5/c1-13(24-17-9-5-3-7-15(17)22-2)19(21)20-11-14-12-23-16-8-4-6-10-18(16)25-14/h3-10,13-14H,11-12H2,1-2H3,(H,20,21)/t13-,14+/m1/s1. The van der Waals surface area contributed by atoms with E-state index in [0.29, 0.717) is 30.4 Å². The monoisotopic (exact) mass is 343 g/mol. The Balaban J connectivity index is 1.51. The smallest absolute Gasteiger partial charge is 0.260 e. The van der Waals surface area contributed by atoms with Gasteiger partial charge in [-0.05, 0) is 31.2 Å². The zero-order valence-corrected chi connectivity index (χ0v) is 14.2. The van der Waals surface area contributed by atoms with E-state index in [-0.39, 0.29) is 12.0 Å². The van der Waals surface area contributed by atoms with Crippen LogP contribution in [0.1, 0.15) is 6.92 Å². The fourth-order valence-electron chi connectivity index (χ4n) is 2.48. The summed E-state index contributed by atoms with van der Waals surface area (Å²) in [4.78, 5) is 12.3. The maximum Gasteiger partial charge on any atom is 0.260 e. The predicted octanol–water partition coefficient (Wildman–Crippen LogP) is 2.42. The molecule has 25 heavy (non-hydrogen) atoms. The molecule has 0 unspecified atom stereocenters. The van der Waals surface area contributed by atoms with Crippen molar-refractivity contribution in [2.24, 2.45) is 0 Å². The highest BCUT2D eigenvalue weighted by Crippen LogP contribution is 2.30. The second kappa shape index (κ2) is 7.79. The van der Waals surface area contributed by atoms with Crippen LogP contribution in [0.25, 0.3) is 0 Å². The first-order valence-electron chi connectivity index (χ1n) is 8.13. The van der Waals surface area contributed by atoms with E-state index in [0.717, 1.165) is 5.75 Å². The summed E-state index contributed by atoms with van der Waals surface area (Å²) >= 11 is 0. The Morgan fingerprint density at radius 2 is 1.84 bits per heavy atom. The van der Waals surface area contributed by atoms with Gasteiger partial charge in [-0.15, -0.1) is 0 Å². The van der Waals surface area contributed by atoms with Crippen LogP contribution in [0.2, 0.25) is 0 Å². The van der Waals surface area contributed by atoms with Crippen molar-refractivity contribution in [1.82, 2.24) is 5.32 Å². The fraction of sp³-hybridized carbons (Fsp3) is 0.316. The van der Waals surface area contributed by atoms with Crippen LogP contribution in [0.5, 0.6) is 23.0 Å². The maximum atomic E-state index is 12.3. The van der Waals surface area contributed by atoms with Gasteiger partial charge in [0.1, 0.15) is 12.7 Å². The lowest BCUT2D eigenvalue weighted by Gasteiger charge is -2.27. The number of hydrogen-bond donors (Lipinski definition) is 1. The minimum atomic E-state index is -0.659. The molecule has 1 heterocycles. The highest BCUT2D eigenvalue weighted by atomic mass is 16.6. The second-order valence-electron chi connectivity index (χ2n) is 5.65. The summed E-state index contributed by atoms with van der Waals surface area (Å²) in [6.07, 6.45) is -0.898. The number of benzene rings is 2. The van der Waals surface area contributed by atoms with Gasteiger partial charge in [0.15, 0.2) is 29.1 Å². The van der Waals surface area contributed by atoms with Gasteiger partial charge >= 0.3 is 0 Å². The number of carbonyl (C=O) groups is 1. The Morgan fingerprint density at radius 1 is 1.16 bits per heavy atom. The van der Waals surface area contributed by atoms with Crippen molar-refractivity contribution in [3.8, 4) is 23.0 Å². The number of rotatable bonds is 6. The summed E-state index contributed by atoms with van der Waals surface area (Å²) in [5.41, 5.74) is 0. The normalized spacial score (nSPS) is 16.6. The third kappa shape index (κ3) is 4.15. The van der Waals surface area contributed by atoms with Crippen LogP contribution < -0.4 is 24.3 Å². The minimum absolute atomic E-state index is 0.228. The Bertz CT molecular complexity index is 733. The summed E-state index contributed by atoms with van der Waals surface area (Å²) in [5, 5.41) is 2.83. The van der Waals surface area contributed by atoms with E-state index in [1.807, 2.05) is 36.4 Å². The van der Waals surface area contributed by atoms with Crippen molar-refractivity contribution in [1.29, 1.82) is 0 Å². The maximum absolute atomic E-state index is 12.3. The van der Waals surface area contributed by atoms with E-state index in [1.165, 1.54) is 0 Å². The molecule has 1 N–H and O–H groups in total. The van der Waals surface area contributed by atoms with Crippen LogP contribution >= 0.6 is 0 Å². The molecular formula is C19H21NO5. The van der Waals surface area contributed by atoms with Crippen LogP contribution in [0.4, 0.5) is 0 Å². The molecule has 0 saturated heterocycles. The third-order valence-corrected chi connectivity index (χ3v) is 3.81. The lowest BCUT2D eigenvalue weighted by Crippen LogP contribution is -2.44. The van der Waals surface area contributed by atoms with Gasteiger partial charge in [-0.3, -0.25) is 4.79 Å². The summed E-state index contributed by atoms with van der Waals surface area (Å²) < 4.78 is 22.4. The molecule has 0 saturated carbocycles. The third-order valence-electron chi connectivity index (χ3n) is 3.81. The van der Waals surface area contributed by atoms with Crippen molar-refractivity contribution >= 4 is 5.91 Å². The number of ether oxygens (including phenoxy) is 4. The molecule has 1 aliphatic rings. The van der Waals surface area contributed by atoms with Crippen molar-refractivity contribution in [3.05, 3.63) is 48.5 Å². The number of methoxy groups -OCH3 is 1. The van der Waals surface area contributed by atoms with Gasteiger partial charge in [0, 0.05) is 0 Å². The first-order chi connectivity index (χ1) is 12.2. The molecule has 1 amide bonds.